The van der Waals surface area contributed by atoms with Crippen molar-refractivity contribution in [3.63, 3.8) is 0 Å². The highest BCUT2D eigenvalue weighted by Crippen LogP contribution is 2.06. The summed E-state index contributed by atoms with van der Waals surface area (Å²) in [6, 6.07) is 10.9. The molecule has 2 aromatic rings. The molecule has 23 heavy (non-hydrogen) atoms. The molecule has 1 aromatic heterocycles. The third-order valence-corrected chi connectivity index (χ3v) is 3.28. The van der Waals surface area contributed by atoms with Crippen LogP contribution in [0.5, 0.6) is 0 Å². The van der Waals surface area contributed by atoms with E-state index in [9.17, 15) is 4.39 Å². The first-order valence-electron chi connectivity index (χ1n) is 7.66. The summed E-state index contributed by atoms with van der Waals surface area (Å²) in [5, 5.41) is 6.48. The van der Waals surface area contributed by atoms with Crippen LogP contribution in [-0.2, 0) is 13.0 Å². The largest absolute Gasteiger partial charge is 0.357 e. The lowest BCUT2D eigenvalue weighted by molar-refractivity contribution is 0.609. The minimum absolute atomic E-state index is 0. The first kappa shape index (κ1) is 19.5. The first-order chi connectivity index (χ1) is 10.8. The molecule has 0 amide bonds. The van der Waals surface area contributed by atoms with E-state index >= 15 is 0 Å². The molecular formula is C17H24FIN4. The molecule has 0 saturated heterocycles. The number of aromatic nitrogens is 1. The summed E-state index contributed by atoms with van der Waals surface area (Å²) < 4.78 is 15.6. The monoisotopic (exact) mass is 430 g/mol. The smallest absolute Gasteiger partial charge is 0.191 e. The number of hydrogen-bond acceptors (Lipinski definition) is 1. The lowest BCUT2D eigenvalue weighted by Gasteiger charge is -2.11. The van der Waals surface area contributed by atoms with E-state index in [1.807, 2.05) is 37.5 Å². The van der Waals surface area contributed by atoms with Crippen molar-refractivity contribution in [3.05, 3.63) is 60.2 Å². The van der Waals surface area contributed by atoms with Crippen molar-refractivity contribution >= 4 is 29.9 Å². The highest BCUT2D eigenvalue weighted by atomic mass is 127. The van der Waals surface area contributed by atoms with Gasteiger partial charge in [0.2, 0.25) is 0 Å². The van der Waals surface area contributed by atoms with Crippen LogP contribution >= 0.6 is 24.0 Å². The average Bonchev–Trinajstić information content (AvgIpc) is 3.02. The van der Waals surface area contributed by atoms with Gasteiger partial charge in [-0.2, -0.15) is 0 Å². The van der Waals surface area contributed by atoms with Crippen molar-refractivity contribution < 1.29 is 4.39 Å². The Morgan fingerprint density at radius 3 is 2.57 bits per heavy atom. The van der Waals surface area contributed by atoms with Gasteiger partial charge < -0.3 is 15.2 Å². The number of nitrogens with zero attached hydrogens (tertiary/aromatic N) is 2. The number of rotatable bonds is 7. The van der Waals surface area contributed by atoms with Crippen LogP contribution in [0.1, 0.15) is 12.5 Å². The van der Waals surface area contributed by atoms with Gasteiger partial charge in [-0.15, -0.1) is 24.0 Å². The lowest BCUT2D eigenvalue weighted by atomic mass is 10.1. The number of nitrogens with one attached hydrogen (secondary N) is 2. The van der Waals surface area contributed by atoms with Gasteiger partial charge in [-0.3, -0.25) is 4.99 Å². The van der Waals surface area contributed by atoms with Crippen LogP contribution in [0.4, 0.5) is 4.39 Å². The van der Waals surface area contributed by atoms with E-state index in [1.165, 1.54) is 6.07 Å². The summed E-state index contributed by atoms with van der Waals surface area (Å²) in [7, 11) is 0. The lowest BCUT2D eigenvalue weighted by Crippen LogP contribution is -2.39. The predicted molar refractivity (Wildman–Crippen MR) is 104 cm³/mol. The third kappa shape index (κ3) is 7.02. The molecule has 0 spiro atoms. The Bertz CT molecular complexity index is 584. The highest BCUT2D eigenvalue weighted by Gasteiger charge is 2.01. The molecule has 1 aromatic carbocycles. The van der Waals surface area contributed by atoms with Crippen molar-refractivity contribution in [2.75, 3.05) is 19.6 Å². The quantitative estimate of drug-likeness (QED) is 0.403. The van der Waals surface area contributed by atoms with Crippen molar-refractivity contribution in [2.45, 2.75) is 19.9 Å². The summed E-state index contributed by atoms with van der Waals surface area (Å²) in [5.41, 5.74) is 0.703. The van der Waals surface area contributed by atoms with Crippen LogP contribution in [0.25, 0.3) is 0 Å². The Balaban J connectivity index is 0.00000264. The van der Waals surface area contributed by atoms with E-state index < -0.39 is 0 Å². The molecule has 1 heterocycles. The van der Waals surface area contributed by atoms with Crippen LogP contribution in [0.3, 0.4) is 0 Å². The number of halogens is 2. The fourth-order valence-corrected chi connectivity index (χ4v) is 2.15. The molecule has 0 aliphatic heterocycles. The van der Waals surface area contributed by atoms with Gasteiger partial charge in [0.15, 0.2) is 5.96 Å². The topological polar surface area (TPSA) is 41.4 Å². The van der Waals surface area contributed by atoms with Crippen LogP contribution < -0.4 is 10.6 Å². The first-order valence-corrected chi connectivity index (χ1v) is 7.66. The van der Waals surface area contributed by atoms with E-state index in [1.54, 1.807) is 12.1 Å². The van der Waals surface area contributed by atoms with E-state index in [0.717, 1.165) is 25.6 Å². The standard InChI is InChI=1S/C17H23FN4.HI/c1-2-19-17(21-11-14-22-12-5-6-13-22)20-10-9-15-7-3-4-8-16(15)18;/h3-8,12-13H,2,9-11,14H2,1H3,(H2,19,20,21);1H. The van der Waals surface area contributed by atoms with Gasteiger partial charge in [-0.1, -0.05) is 18.2 Å². The van der Waals surface area contributed by atoms with Crippen LogP contribution in [-0.4, -0.2) is 30.2 Å². The van der Waals surface area contributed by atoms with Crippen molar-refractivity contribution in [1.82, 2.24) is 15.2 Å². The second-order valence-corrected chi connectivity index (χ2v) is 4.95. The zero-order chi connectivity index (χ0) is 15.6. The molecular weight excluding hydrogens is 406 g/mol. The van der Waals surface area contributed by atoms with Gasteiger partial charge in [0.05, 0.1) is 0 Å². The number of benzene rings is 1. The van der Waals surface area contributed by atoms with Crippen LogP contribution in [0.2, 0.25) is 0 Å². The van der Waals surface area contributed by atoms with Gasteiger partial charge in [-0.05, 0) is 37.1 Å². The summed E-state index contributed by atoms with van der Waals surface area (Å²) in [6.07, 6.45) is 4.66. The normalized spacial score (nSPS) is 11.0. The Morgan fingerprint density at radius 2 is 1.87 bits per heavy atom. The molecule has 0 bridgehead atoms. The van der Waals surface area contributed by atoms with E-state index in [0.29, 0.717) is 18.5 Å². The average molecular weight is 430 g/mol. The second-order valence-electron chi connectivity index (χ2n) is 4.95. The Kier molecular flexibility index (Phi) is 9.35. The zero-order valence-electron chi connectivity index (χ0n) is 13.3. The molecule has 0 atom stereocenters. The van der Waals surface area contributed by atoms with E-state index in [2.05, 4.69) is 20.2 Å². The number of hydrogen-bond donors (Lipinski definition) is 2. The van der Waals surface area contributed by atoms with Gasteiger partial charge in [0, 0.05) is 38.6 Å². The maximum atomic E-state index is 13.5. The maximum Gasteiger partial charge on any atom is 0.191 e. The molecule has 4 nitrogen and oxygen atoms in total. The van der Waals surface area contributed by atoms with E-state index in [-0.39, 0.29) is 29.8 Å². The summed E-state index contributed by atoms with van der Waals surface area (Å²) in [5.74, 6) is 0.606. The Labute approximate surface area is 154 Å². The molecule has 6 heteroatoms. The fourth-order valence-electron chi connectivity index (χ4n) is 2.15. The Morgan fingerprint density at radius 1 is 1.13 bits per heavy atom. The maximum absolute atomic E-state index is 13.5. The third-order valence-electron chi connectivity index (χ3n) is 3.28. The molecule has 2 rings (SSSR count). The molecule has 0 radical (unpaired) electrons. The van der Waals surface area contributed by atoms with Crippen molar-refractivity contribution in [1.29, 1.82) is 0 Å². The summed E-state index contributed by atoms with van der Waals surface area (Å²) in [6.45, 7) is 5.06. The van der Waals surface area contributed by atoms with Crippen LogP contribution in [0.15, 0.2) is 53.8 Å². The van der Waals surface area contributed by atoms with Gasteiger partial charge in [-0.25, -0.2) is 4.39 Å². The van der Waals surface area contributed by atoms with E-state index in [4.69, 9.17) is 0 Å². The zero-order valence-corrected chi connectivity index (χ0v) is 15.7. The van der Waals surface area contributed by atoms with Gasteiger partial charge in [0.25, 0.3) is 0 Å². The molecule has 126 valence electrons. The molecule has 0 fully saturated rings. The number of guanidine groups is 1. The summed E-state index contributed by atoms with van der Waals surface area (Å²) >= 11 is 0. The van der Waals surface area contributed by atoms with Crippen molar-refractivity contribution in [2.24, 2.45) is 4.99 Å². The molecule has 0 aliphatic rings. The molecule has 0 aliphatic carbocycles. The fraction of sp³-hybridized carbons (Fsp3) is 0.353. The second kappa shape index (κ2) is 11.0. The predicted octanol–water partition coefficient (Wildman–Crippen LogP) is 3.04. The molecule has 0 saturated carbocycles. The minimum atomic E-state index is -0.164. The molecule has 2 N–H and O–H groups in total. The molecule has 0 unspecified atom stereocenters. The van der Waals surface area contributed by atoms with Gasteiger partial charge in [0.1, 0.15) is 5.82 Å². The Hall–Kier alpha value is -1.57. The minimum Gasteiger partial charge on any atom is -0.357 e. The number of aliphatic imine (C=N–C) groups is 1. The highest BCUT2D eigenvalue weighted by molar-refractivity contribution is 14.0. The SMILES string of the molecule is CCNC(=NCCc1ccccc1F)NCCn1cccc1.I. The van der Waals surface area contributed by atoms with Crippen LogP contribution in [0, 0.1) is 5.82 Å². The van der Waals surface area contributed by atoms with Crippen molar-refractivity contribution in [3.8, 4) is 0 Å². The summed E-state index contributed by atoms with van der Waals surface area (Å²) in [4.78, 5) is 4.49. The van der Waals surface area contributed by atoms with Gasteiger partial charge >= 0.3 is 0 Å².